The van der Waals surface area contributed by atoms with Gasteiger partial charge in [-0.25, -0.2) is 9.78 Å². The van der Waals surface area contributed by atoms with E-state index in [9.17, 15) is 18.0 Å². The first-order chi connectivity index (χ1) is 12.8. The number of alkyl halides is 3. The van der Waals surface area contributed by atoms with Gasteiger partial charge >= 0.3 is 12.1 Å². The van der Waals surface area contributed by atoms with E-state index in [1.165, 1.54) is 18.4 Å². The number of nitrogen functional groups attached to an aromatic ring is 1. The van der Waals surface area contributed by atoms with Crippen LogP contribution in [0.3, 0.4) is 0 Å². The van der Waals surface area contributed by atoms with Crippen LogP contribution >= 0.6 is 11.3 Å². The number of nitrogens with zero attached hydrogens (tertiary/aromatic N) is 1. The van der Waals surface area contributed by atoms with Crippen molar-refractivity contribution in [3.05, 3.63) is 46.5 Å². The minimum atomic E-state index is -4.78. The molecule has 0 saturated carbocycles. The number of hydrogen-bond donors (Lipinski definition) is 3. The number of hydroxylamine groups is 1. The van der Waals surface area contributed by atoms with Gasteiger partial charge in [0.25, 0.3) is 0 Å². The van der Waals surface area contributed by atoms with Crippen molar-refractivity contribution >= 4 is 22.4 Å². The van der Waals surface area contributed by atoms with Crippen LogP contribution in [-0.2, 0) is 17.6 Å². The maximum absolute atomic E-state index is 12.0. The van der Waals surface area contributed by atoms with E-state index in [-0.39, 0.29) is 0 Å². The predicted octanol–water partition coefficient (Wildman–Crippen LogP) is 4.34. The summed E-state index contributed by atoms with van der Waals surface area (Å²) in [5.74, 6) is -1.68. The number of halogens is 3. The maximum atomic E-state index is 12.0. The summed E-state index contributed by atoms with van der Waals surface area (Å²) >= 11 is 0.296. The van der Waals surface area contributed by atoms with Crippen LogP contribution in [0.25, 0.3) is 0 Å². The van der Waals surface area contributed by atoms with Gasteiger partial charge in [0, 0.05) is 6.54 Å². The lowest BCUT2D eigenvalue weighted by Crippen LogP contribution is -2.14. The van der Waals surface area contributed by atoms with E-state index in [1.807, 2.05) is 18.2 Å². The predicted molar refractivity (Wildman–Crippen MR) is 97.2 cm³/mol. The molecule has 0 radical (unpaired) electrons. The molecule has 2 rings (SSSR count). The second-order valence-corrected chi connectivity index (χ2v) is 6.43. The fourth-order valence-electron chi connectivity index (χ4n) is 1.90. The molecule has 6 nitrogen and oxygen atoms in total. The topological polar surface area (TPSA) is 97.5 Å². The lowest BCUT2D eigenvalue weighted by molar-refractivity contribution is -0.141. The summed E-state index contributed by atoms with van der Waals surface area (Å²) in [7, 11) is 0. The lowest BCUT2D eigenvalue weighted by Gasteiger charge is -2.05. The third kappa shape index (κ3) is 8.85. The number of nitrogens with two attached hydrogens (primary N) is 1. The molecule has 0 spiro atoms. The van der Waals surface area contributed by atoms with Gasteiger partial charge in [-0.2, -0.15) is 18.7 Å². The molecule has 2 aromatic rings. The first-order valence-electron chi connectivity index (χ1n) is 8.21. The molecule has 10 heteroatoms. The van der Waals surface area contributed by atoms with Crippen molar-refractivity contribution in [3.8, 4) is 0 Å². The number of carboxylic acid groups (broad SMARTS) is 1. The molecule has 0 aliphatic heterocycles. The molecule has 0 bridgehead atoms. The van der Waals surface area contributed by atoms with Crippen LogP contribution in [0.1, 0.15) is 47.1 Å². The van der Waals surface area contributed by atoms with E-state index in [0.29, 0.717) is 11.3 Å². The van der Waals surface area contributed by atoms with E-state index in [4.69, 9.17) is 15.7 Å². The number of benzene rings is 1. The Morgan fingerprint density at radius 1 is 1.30 bits per heavy atom. The summed E-state index contributed by atoms with van der Waals surface area (Å²) in [6, 6.07) is 10.3. The van der Waals surface area contributed by atoms with E-state index >= 15 is 0 Å². The molecule has 0 aliphatic rings. The maximum Gasteiger partial charge on any atom is 0.435 e. The number of nitrogens with one attached hydrogen (secondary N) is 1. The van der Waals surface area contributed by atoms with Crippen LogP contribution in [0.5, 0.6) is 0 Å². The molecule has 0 atom stereocenters. The van der Waals surface area contributed by atoms with Crippen molar-refractivity contribution < 1.29 is 27.9 Å². The van der Waals surface area contributed by atoms with Gasteiger partial charge in [0.05, 0.1) is 6.61 Å². The summed E-state index contributed by atoms with van der Waals surface area (Å²) in [6.45, 7) is 3.78. The van der Waals surface area contributed by atoms with Crippen molar-refractivity contribution in [2.24, 2.45) is 0 Å². The molecule has 150 valence electrons. The fraction of sp³-hybridized carbons (Fsp3) is 0.412. The molecule has 1 heterocycles. The smallest absolute Gasteiger partial charge is 0.435 e. The Bertz CT molecular complexity index is 694. The molecule has 4 N–H and O–H groups in total. The van der Waals surface area contributed by atoms with Crippen LogP contribution in [0.15, 0.2) is 30.3 Å². The van der Waals surface area contributed by atoms with Gasteiger partial charge in [0.15, 0.2) is 10.8 Å². The summed E-state index contributed by atoms with van der Waals surface area (Å²) in [5.41, 5.74) is 7.73. The van der Waals surface area contributed by atoms with Crippen molar-refractivity contribution in [2.45, 2.75) is 38.9 Å². The molecular weight excluding hydrogens is 383 g/mol. The lowest BCUT2D eigenvalue weighted by atomic mass is 10.2. The highest BCUT2D eigenvalue weighted by molar-refractivity contribution is 7.17. The van der Waals surface area contributed by atoms with Crippen LogP contribution in [-0.4, -0.2) is 22.7 Å². The molecule has 0 aliphatic carbocycles. The van der Waals surface area contributed by atoms with Gasteiger partial charge in [-0.3, -0.25) is 0 Å². The van der Waals surface area contributed by atoms with Crippen LogP contribution < -0.4 is 11.2 Å². The SMILES string of the molecule is CCCCCONCc1ccccc1.Nc1nc(C(F)(F)F)c(C(=O)O)s1. The fourth-order valence-corrected chi connectivity index (χ4v) is 2.59. The van der Waals surface area contributed by atoms with Crippen molar-refractivity contribution in [1.29, 1.82) is 0 Å². The summed E-state index contributed by atoms with van der Waals surface area (Å²) < 4.78 is 36.1. The monoisotopic (exact) mass is 405 g/mol. The first kappa shape index (κ1) is 22.9. The number of anilines is 1. The minimum Gasteiger partial charge on any atom is -0.477 e. The van der Waals surface area contributed by atoms with Gasteiger partial charge in [-0.15, -0.1) is 0 Å². The minimum absolute atomic E-state index is 0.296. The average molecular weight is 405 g/mol. The van der Waals surface area contributed by atoms with E-state index in [2.05, 4.69) is 29.5 Å². The average Bonchev–Trinajstić information content (AvgIpc) is 3.02. The van der Waals surface area contributed by atoms with Crippen LogP contribution in [0.4, 0.5) is 18.3 Å². The normalized spacial score (nSPS) is 11.0. The quantitative estimate of drug-likeness (QED) is 0.446. The zero-order valence-corrected chi connectivity index (χ0v) is 15.6. The molecular formula is C17H22F3N3O3S. The number of aromatic nitrogens is 1. The standard InChI is InChI=1S/C12H19NO.C5H3F3N2O2S/c1-2-3-7-10-14-13-11-12-8-5-4-6-9-12;6-5(7,8)2-1(3(11)12)13-4(9)10-2/h4-6,8-9,13H,2-3,7,10-11H2,1H3;(H2,9,10)(H,11,12). The second kappa shape index (κ2) is 11.5. The first-order valence-corrected chi connectivity index (χ1v) is 9.02. The Hall–Kier alpha value is -2.17. The van der Waals surface area contributed by atoms with Crippen LogP contribution in [0, 0.1) is 0 Å². The number of carbonyl (C=O) groups is 1. The molecule has 0 fully saturated rings. The van der Waals surface area contributed by atoms with E-state index in [1.54, 1.807) is 0 Å². The highest BCUT2D eigenvalue weighted by Crippen LogP contribution is 2.34. The van der Waals surface area contributed by atoms with Gasteiger partial charge in [0.2, 0.25) is 0 Å². The summed E-state index contributed by atoms with van der Waals surface area (Å²) in [6.07, 6.45) is -1.16. The Morgan fingerprint density at radius 2 is 1.96 bits per heavy atom. The second-order valence-electron chi connectivity index (χ2n) is 5.40. The van der Waals surface area contributed by atoms with Gasteiger partial charge in [0.1, 0.15) is 4.88 Å². The van der Waals surface area contributed by atoms with Crippen molar-refractivity contribution in [1.82, 2.24) is 10.5 Å². The zero-order chi connectivity index (χ0) is 20.3. The number of hydrogen-bond acceptors (Lipinski definition) is 6. The largest absolute Gasteiger partial charge is 0.477 e. The molecule has 27 heavy (non-hydrogen) atoms. The third-order valence-electron chi connectivity index (χ3n) is 3.18. The Labute approximate surface area is 159 Å². The summed E-state index contributed by atoms with van der Waals surface area (Å²) in [5, 5.41) is 7.94. The Morgan fingerprint density at radius 3 is 2.48 bits per heavy atom. The van der Waals surface area contributed by atoms with Crippen molar-refractivity contribution in [2.75, 3.05) is 12.3 Å². The van der Waals surface area contributed by atoms with Gasteiger partial charge in [-0.05, 0) is 12.0 Å². The highest BCUT2D eigenvalue weighted by Gasteiger charge is 2.39. The molecule has 1 aromatic heterocycles. The Balaban J connectivity index is 0.000000271. The zero-order valence-electron chi connectivity index (χ0n) is 14.8. The number of carboxylic acids is 1. The van der Waals surface area contributed by atoms with Gasteiger partial charge in [-0.1, -0.05) is 61.4 Å². The molecule has 0 saturated heterocycles. The molecule has 1 aromatic carbocycles. The van der Waals surface area contributed by atoms with Crippen LogP contribution in [0.2, 0.25) is 0 Å². The number of unbranched alkanes of at least 4 members (excludes halogenated alkanes) is 2. The summed E-state index contributed by atoms with van der Waals surface area (Å²) in [4.78, 5) is 17.6. The highest BCUT2D eigenvalue weighted by atomic mass is 32.1. The number of rotatable bonds is 8. The van der Waals surface area contributed by atoms with Crippen molar-refractivity contribution in [3.63, 3.8) is 0 Å². The third-order valence-corrected chi connectivity index (χ3v) is 4.05. The Kier molecular flexibility index (Phi) is 9.76. The molecule has 0 amide bonds. The van der Waals surface area contributed by atoms with Gasteiger partial charge < -0.3 is 15.7 Å². The number of thiazole rings is 1. The van der Waals surface area contributed by atoms with E-state index in [0.717, 1.165) is 19.6 Å². The van der Waals surface area contributed by atoms with E-state index < -0.39 is 27.8 Å². The number of aromatic carboxylic acids is 1. The molecule has 0 unspecified atom stereocenters.